The molecule has 1 aromatic rings. The number of benzene rings is 1. The van der Waals surface area contributed by atoms with Crippen LogP contribution in [-0.2, 0) is 9.59 Å². The van der Waals surface area contributed by atoms with Crippen molar-refractivity contribution >= 4 is 29.5 Å². The normalized spacial score (nSPS) is 9.68. The van der Waals surface area contributed by atoms with E-state index in [9.17, 15) is 14.4 Å². The van der Waals surface area contributed by atoms with Gasteiger partial charge in [-0.1, -0.05) is 18.2 Å². The highest BCUT2D eigenvalue weighted by atomic mass is 32.2. The molecule has 2 amide bonds. The molecule has 1 aromatic carbocycles. The van der Waals surface area contributed by atoms with Gasteiger partial charge in [-0.05, 0) is 12.1 Å². The molecule has 0 spiro atoms. The molecule has 7 heteroatoms. The Morgan fingerprint density at radius 1 is 1.11 bits per heavy atom. The number of carbonyl (C=O) groups is 3. The minimum Gasteiger partial charge on any atom is -0.481 e. The number of hydrogen-bond donors (Lipinski definition) is 3. The summed E-state index contributed by atoms with van der Waals surface area (Å²) >= 11 is 1.19. The summed E-state index contributed by atoms with van der Waals surface area (Å²) in [7, 11) is 0. The smallest absolute Gasteiger partial charge is 0.304 e. The molecule has 0 aliphatic carbocycles. The summed E-state index contributed by atoms with van der Waals surface area (Å²) < 4.78 is 0. The maximum absolute atomic E-state index is 11.6. The second-order valence-corrected chi connectivity index (χ2v) is 4.67. The second kappa shape index (κ2) is 8.15. The van der Waals surface area contributed by atoms with Crippen LogP contribution >= 0.6 is 11.8 Å². The van der Waals surface area contributed by atoms with Crippen molar-refractivity contribution in [1.29, 1.82) is 0 Å². The number of carboxylic acids is 1. The zero-order valence-electron chi connectivity index (χ0n) is 10.1. The number of hydrazine groups is 1. The zero-order chi connectivity index (χ0) is 14.1. The van der Waals surface area contributed by atoms with E-state index in [1.807, 2.05) is 0 Å². The van der Waals surface area contributed by atoms with Crippen molar-refractivity contribution in [2.75, 3.05) is 11.5 Å². The SMILES string of the molecule is O=C(O)CCSCC(=O)NNC(=O)c1ccccc1. The molecule has 0 saturated carbocycles. The van der Waals surface area contributed by atoms with E-state index in [1.54, 1.807) is 30.3 Å². The van der Waals surface area contributed by atoms with Gasteiger partial charge in [0.15, 0.2) is 0 Å². The number of rotatable bonds is 6. The molecule has 0 atom stereocenters. The number of hydrogen-bond acceptors (Lipinski definition) is 4. The number of amides is 2. The first-order valence-electron chi connectivity index (χ1n) is 5.53. The minimum absolute atomic E-state index is 0.00826. The topological polar surface area (TPSA) is 95.5 Å². The highest BCUT2D eigenvalue weighted by molar-refractivity contribution is 7.99. The van der Waals surface area contributed by atoms with E-state index in [-0.39, 0.29) is 18.1 Å². The first kappa shape index (κ1) is 15.0. The first-order valence-corrected chi connectivity index (χ1v) is 6.69. The van der Waals surface area contributed by atoms with Gasteiger partial charge in [-0.15, -0.1) is 0 Å². The lowest BCUT2D eigenvalue weighted by Crippen LogP contribution is -2.42. The van der Waals surface area contributed by atoms with E-state index in [1.165, 1.54) is 11.8 Å². The lowest BCUT2D eigenvalue weighted by atomic mass is 10.2. The Morgan fingerprint density at radius 2 is 1.79 bits per heavy atom. The average Bonchev–Trinajstić information content (AvgIpc) is 2.41. The summed E-state index contributed by atoms with van der Waals surface area (Å²) in [6.45, 7) is 0. The molecule has 0 saturated heterocycles. The summed E-state index contributed by atoms with van der Waals surface area (Å²) in [6, 6.07) is 8.48. The monoisotopic (exact) mass is 282 g/mol. The molecular weight excluding hydrogens is 268 g/mol. The van der Waals surface area contributed by atoms with Crippen LogP contribution < -0.4 is 10.9 Å². The van der Waals surface area contributed by atoms with E-state index >= 15 is 0 Å². The number of aliphatic carboxylic acids is 1. The third-order valence-electron chi connectivity index (χ3n) is 2.04. The van der Waals surface area contributed by atoms with Crippen LogP contribution in [0.3, 0.4) is 0 Å². The Hall–Kier alpha value is -2.02. The molecule has 0 bridgehead atoms. The maximum Gasteiger partial charge on any atom is 0.304 e. The van der Waals surface area contributed by atoms with Crippen molar-refractivity contribution in [1.82, 2.24) is 10.9 Å². The van der Waals surface area contributed by atoms with Crippen molar-refractivity contribution in [3.05, 3.63) is 35.9 Å². The first-order chi connectivity index (χ1) is 9.09. The summed E-state index contributed by atoms with van der Waals surface area (Å²) in [4.78, 5) is 33.1. The van der Waals surface area contributed by atoms with Gasteiger partial charge < -0.3 is 5.11 Å². The van der Waals surface area contributed by atoms with Crippen molar-refractivity contribution in [3.63, 3.8) is 0 Å². The van der Waals surface area contributed by atoms with Crippen LogP contribution in [0, 0.1) is 0 Å². The molecule has 0 radical (unpaired) electrons. The van der Waals surface area contributed by atoms with Crippen LogP contribution in [0.4, 0.5) is 0 Å². The van der Waals surface area contributed by atoms with Crippen LogP contribution in [-0.4, -0.2) is 34.4 Å². The van der Waals surface area contributed by atoms with E-state index in [0.29, 0.717) is 11.3 Å². The third-order valence-corrected chi connectivity index (χ3v) is 3.00. The standard InChI is InChI=1S/C12H14N2O4S/c15-10(8-19-7-6-11(16)17)13-14-12(18)9-4-2-1-3-5-9/h1-5H,6-8H2,(H,13,15)(H,14,18)(H,16,17). The summed E-state index contributed by atoms with van der Waals surface area (Å²) in [5, 5.41) is 8.41. The molecule has 0 fully saturated rings. The van der Waals surface area contributed by atoms with Gasteiger partial charge in [-0.25, -0.2) is 0 Å². The summed E-state index contributed by atoms with van der Waals surface area (Å²) in [5.74, 6) is -1.22. The molecule has 3 N–H and O–H groups in total. The van der Waals surface area contributed by atoms with Crippen molar-refractivity contribution in [2.24, 2.45) is 0 Å². The van der Waals surface area contributed by atoms with Crippen LogP contribution in [0.1, 0.15) is 16.8 Å². The molecule has 0 aromatic heterocycles. The minimum atomic E-state index is -0.898. The highest BCUT2D eigenvalue weighted by Crippen LogP contribution is 2.01. The lowest BCUT2D eigenvalue weighted by Gasteiger charge is -2.06. The van der Waals surface area contributed by atoms with Crippen molar-refractivity contribution < 1.29 is 19.5 Å². The Kier molecular flexibility index (Phi) is 6.45. The van der Waals surface area contributed by atoms with E-state index < -0.39 is 11.9 Å². The predicted octanol–water partition coefficient (Wildman–Crippen LogP) is 0.655. The van der Waals surface area contributed by atoms with Crippen LogP contribution in [0.25, 0.3) is 0 Å². The zero-order valence-corrected chi connectivity index (χ0v) is 10.9. The fourth-order valence-electron chi connectivity index (χ4n) is 1.15. The van der Waals surface area contributed by atoms with E-state index in [4.69, 9.17) is 5.11 Å². The fourth-order valence-corrected chi connectivity index (χ4v) is 1.87. The van der Waals surface area contributed by atoms with Crippen LogP contribution in [0.5, 0.6) is 0 Å². The van der Waals surface area contributed by atoms with Gasteiger partial charge in [-0.3, -0.25) is 25.2 Å². The number of carboxylic acid groups (broad SMARTS) is 1. The molecule has 0 heterocycles. The largest absolute Gasteiger partial charge is 0.481 e. The molecule has 1 rings (SSSR count). The molecular formula is C12H14N2O4S. The van der Waals surface area contributed by atoms with Gasteiger partial charge in [0.2, 0.25) is 5.91 Å². The molecule has 0 aliphatic heterocycles. The molecule has 0 aliphatic rings. The van der Waals surface area contributed by atoms with Gasteiger partial charge in [0, 0.05) is 11.3 Å². The second-order valence-electron chi connectivity index (χ2n) is 3.56. The number of thioether (sulfide) groups is 1. The van der Waals surface area contributed by atoms with Gasteiger partial charge >= 0.3 is 5.97 Å². The number of carbonyl (C=O) groups excluding carboxylic acids is 2. The van der Waals surface area contributed by atoms with Crippen molar-refractivity contribution in [2.45, 2.75) is 6.42 Å². The maximum atomic E-state index is 11.6. The molecule has 0 unspecified atom stereocenters. The van der Waals surface area contributed by atoms with Gasteiger partial charge in [0.1, 0.15) is 0 Å². The van der Waals surface area contributed by atoms with Gasteiger partial charge in [-0.2, -0.15) is 11.8 Å². The van der Waals surface area contributed by atoms with E-state index in [0.717, 1.165) is 0 Å². The Labute approximate surface area is 114 Å². The Morgan fingerprint density at radius 3 is 2.42 bits per heavy atom. The van der Waals surface area contributed by atoms with Crippen LogP contribution in [0.15, 0.2) is 30.3 Å². The third kappa shape index (κ3) is 6.46. The van der Waals surface area contributed by atoms with Crippen LogP contribution in [0.2, 0.25) is 0 Å². The van der Waals surface area contributed by atoms with E-state index in [2.05, 4.69) is 10.9 Å². The lowest BCUT2D eigenvalue weighted by molar-refractivity contribution is -0.136. The Balaban J connectivity index is 2.20. The van der Waals surface area contributed by atoms with Gasteiger partial charge in [0.25, 0.3) is 5.91 Å². The Bertz CT molecular complexity index is 450. The predicted molar refractivity (Wildman–Crippen MR) is 71.6 cm³/mol. The molecule has 19 heavy (non-hydrogen) atoms. The summed E-state index contributed by atoms with van der Waals surface area (Å²) in [6.07, 6.45) is 0.00826. The molecule has 102 valence electrons. The summed E-state index contributed by atoms with van der Waals surface area (Å²) in [5.41, 5.74) is 4.99. The number of nitrogens with one attached hydrogen (secondary N) is 2. The highest BCUT2D eigenvalue weighted by Gasteiger charge is 2.06. The quantitative estimate of drug-likeness (QED) is 0.526. The van der Waals surface area contributed by atoms with Gasteiger partial charge in [0.05, 0.1) is 12.2 Å². The molecule has 6 nitrogen and oxygen atoms in total. The van der Waals surface area contributed by atoms with Crippen molar-refractivity contribution in [3.8, 4) is 0 Å². The average molecular weight is 282 g/mol. The fraction of sp³-hybridized carbons (Fsp3) is 0.250.